The number of hydrogen-bond donors (Lipinski definition) is 2. The molecule has 7 nitrogen and oxygen atoms in total. The van der Waals surface area contributed by atoms with Crippen molar-refractivity contribution in [2.45, 2.75) is 12.4 Å². The summed E-state index contributed by atoms with van der Waals surface area (Å²) in [5.41, 5.74) is 6.53. The molecule has 2 heterocycles. The lowest BCUT2D eigenvalue weighted by molar-refractivity contribution is -0.141. The lowest BCUT2D eigenvalue weighted by Crippen LogP contribution is -2.12. The van der Waals surface area contributed by atoms with E-state index in [0.29, 0.717) is 11.8 Å². The zero-order valence-corrected chi connectivity index (χ0v) is 15.4. The predicted octanol–water partition coefficient (Wildman–Crippen LogP) is 3.24. The summed E-state index contributed by atoms with van der Waals surface area (Å²) < 4.78 is 5.22. The Bertz CT molecular complexity index is 844. The fourth-order valence-corrected chi connectivity index (χ4v) is 3.69. The van der Waals surface area contributed by atoms with Crippen LogP contribution in [0.1, 0.15) is 10.7 Å². The Kier molecular flexibility index (Phi) is 6.39. The highest BCUT2D eigenvalue weighted by molar-refractivity contribution is 7.99. The van der Waals surface area contributed by atoms with Gasteiger partial charge < -0.3 is 15.8 Å². The van der Waals surface area contributed by atoms with Crippen molar-refractivity contribution in [3.05, 3.63) is 58.5 Å². The molecular weight excluding hydrogens is 370 g/mol. The van der Waals surface area contributed by atoms with E-state index in [4.69, 9.17) is 10.5 Å². The average molecular weight is 387 g/mol. The second-order valence-corrected chi connectivity index (χ2v) is 7.18. The van der Waals surface area contributed by atoms with E-state index in [1.807, 2.05) is 47.8 Å². The molecule has 0 fully saturated rings. The van der Waals surface area contributed by atoms with Crippen LogP contribution >= 0.6 is 23.1 Å². The minimum absolute atomic E-state index is 0.0470. The number of nitrogens with one attached hydrogen (secondary N) is 1. The molecule has 9 heteroatoms. The van der Waals surface area contributed by atoms with Crippen LogP contribution < -0.4 is 11.1 Å². The number of carbonyl (C=O) groups is 1. The van der Waals surface area contributed by atoms with Gasteiger partial charge in [0.05, 0.1) is 5.75 Å². The summed E-state index contributed by atoms with van der Waals surface area (Å²) in [5, 5.41) is 5.05. The van der Waals surface area contributed by atoms with Crippen molar-refractivity contribution in [2.24, 2.45) is 0 Å². The molecule has 3 rings (SSSR count). The van der Waals surface area contributed by atoms with Crippen LogP contribution in [0.25, 0.3) is 0 Å². The molecule has 26 heavy (non-hydrogen) atoms. The van der Waals surface area contributed by atoms with E-state index in [0.717, 1.165) is 11.4 Å². The topological polar surface area (TPSA) is 103 Å². The SMILES string of the molecule is Nc1nc(COC(=O)CSCc2cccs2)nc(Nc2ccccc2)n1. The van der Waals surface area contributed by atoms with Gasteiger partial charge in [0.15, 0.2) is 12.4 Å². The summed E-state index contributed by atoms with van der Waals surface area (Å²) >= 11 is 3.18. The fourth-order valence-electron chi connectivity index (χ4n) is 2.03. The van der Waals surface area contributed by atoms with Gasteiger partial charge in [0.1, 0.15) is 0 Å². The number of nitrogen functional groups attached to an aromatic ring is 1. The molecule has 0 saturated carbocycles. The number of benzene rings is 1. The van der Waals surface area contributed by atoms with Gasteiger partial charge in [-0.25, -0.2) is 0 Å². The molecule has 0 aliphatic carbocycles. The highest BCUT2D eigenvalue weighted by atomic mass is 32.2. The Morgan fingerprint density at radius 1 is 1.15 bits per heavy atom. The number of aromatic nitrogens is 3. The van der Waals surface area contributed by atoms with Crippen molar-refractivity contribution in [1.82, 2.24) is 15.0 Å². The molecule has 0 bridgehead atoms. The number of nitrogens with two attached hydrogens (primary N) is 1. The lowest BCUT2D eigenvalue weighted by atomic mass is 10.3. The van der Waals surface area contributed by atoms with E-state index in [1.165, 1.54) is 16.6 Å². The highest BCUT2D eigenvalue weighted by Gasteiger charge is 2.09. The van der Waals surface area contributed by atoms with E-state index >= 15 is 0 Å². The van der Waals surface area contributed by atoms with Gasteiger partial charge in [-0.05, 0) is 23.6 Å². The van der Waals surface area contributed by atoms with Gasteiger partial charge in [-0.15, -0.1) is 23.1 Å². The molecule has 0 atom stereocenters. The number of anilines is 3. The third-order valence-corrected chi connectivity index (χ3v) is 5.15. The number of ether oxygens (including phenoxy) is 1. The molecule has 0 unspecified atom stereocenters. The van der Waals surface area contributed by atoms with Crippen molar-refractivity contribution in [1.29, 1.82) is 0 Å². The second-order valence-electron chi connectivity index (χ2n) is 5.16. The number of esters is 1. The van der Waals surface area contributed by atoms with E-state index in [9.17, 15) is 4.79 Å². The Morgan fingerprint density at radius 3 is 2.77 bits per heavy atom. The summed E-state index contributed by atoms with van der Waals surface area (Å²) in [6, 6.07) is 13.5. The van der Waals surface area contributed by atoms with Gasteiger partial charge in [-0.2, -0.15) is 15.0 Å². The van der Waals surface area contributed by atoms with Crippen LogP contribution in [0.2, 0.25) is 0 Å². The van der Waals surface area contributed by atoms with Crippen LogP contribution in [0.5, 0.6) is 0 Å². The molecule has 0 spiro atoms. The van der Waals surface area contributed by atoms with Gasteiger partial charge in [0.2, 0.25) is 11.9 Å². The Labute approximate surface area is 159 Å². The van der Waals surface area contributed by atoms with Crippen molar-refractivity contribution in [3.63, 3.8) is 0 Å². The number of nitrogens with zero attached hydrogens (tertiary/aromatic N) is 3. The monoisotopic (exact) mass is 387 g/mol. The van der Waals surface area contributed by atoms with Crippen molar-refractivity contribution < 1.29 is 9.53 Å². The standard InChI is InChI=1S/C17H17N5O2S2/c18-16-20-14(21-17(22-16)19-12-5-2-1-3-6-12)9-24-15(23)11-25-10-13-7-4-8-26-13/h1-8H,9-11H2,(H3,18,19,20,21,22). The van der Waals surface area contributed by atoms with Crippen LogP contribution in [0.15, 0.2) is 47.8 Å². The summed E-state index contributed by atoms with van der Waals surface area (Å²) in [6.45, 7) is -0.0470. The zero-order valence-electron chi connectivity index (χ0n) is 13.8. The van der Waals surface area contributed by atoms with Crippen LogP contribution in [-0.2, 0) is 21.9 Å². The molecule has 2 aromatic heterocycles. The maximum atomic E-state index is 11.8. The minimum atomic E-state index is -0.317. The molecule has 0 radical (unpaired) electrons. The number of hydrogen-bond acceptors (Lipinski definition) is 9. The second kappa shape index (κ2) is 9.16. The normalized spacial score (nSPS) is 10.5. The molecule has 0 amide bonds. The van der Waals surface area contributed by atoms with E-state index < -0.39 is 0 Å². The first kappa shape index (κ1) is 18.2. The summed E-state index contributed by atoms with van der Waals surface area (Å²) in [7, 11) is 0. The van der Waals surface area contributed by atoms with Gasteiger partial charge >= 0.3 is 5.97 Å². The summed E-state index contributed by atoms with van der Waals surface area (Å²) in [6.07, 6.45) is 0. The third kappa shape index (κ3) is 5.71. The Morgan fingerprint density at radius 2 is 2.00 bits per heavy atom. The number of para-hydroxylation sites is 1. The maximum absolute atomic E-state index is 11.8. The molecule has 3 N–H and O–H groups in total. The van der Waals surface area contributed by atoms with Gasteiger partial charge in [-0.3, -0.25) is 4.79 Å². The third-order valence-electron chi connectivity index (χ3n) is 3.14. The zero-order chi connectivity index (χ0) is 18.2. The number of thioether (sulfide) groups is 1. The molecule has 0 aliphatic rings. The maximum Gasteiger partial charge on any atom is 0.316 e. The largest absolute Gasteiger partial charge is 0.457 e. The first-order valence-electron chi connectivity index (χ1n) is 7.77. The van der Waals surface area contributed by atoms with Crippen LogP contribution in [0.3, 0.4) is 0 Å². The Balaban J connectivity index is 1.50. The lowest BCUT2D eigenvalue weighted by Gasteiger charge is -2.08. The molecule has 0 saturated heterocycles. The quantitative estimate of drug-likeness (QED) is 0.568. The highest BCUT2D eigenvalue weighted by Crippen LogP contribution is 2.17. The van der Waals surface area contributed by atoms with Crippen LogP contribution in [0, 0.1) is 0 Å². The van der Waals surface area contributed by atoms with Crippen molar-refractivity contribution in [2.75, 3.05) is 16.8 Å². The molecule has 0 aliphatic heterocycles. The van der Waals surface area contributed by atoms with E-state index in [2.05, 4.69) is 20.3 Å². The summed E-state index contributed by atoms with van der Waals surface area (Å²) in [5.74, 6) is 1.42. The first-order valence-corrected chi connectivity index (χ1v) is 9.81. The van der Waals surface area contributed by atoms with Crippen molar-refractivity contribution >= 4 is 46.7 Å². The van der Waals surface area contributed by atoms with Gasteiger partial charge in [0.25, 0.3) is 0 Å². The van der Waals surface area contributed by atoms with Crippen molar-refractivity contribution in [3.8, 4) is 0 Å². The number of thiophene rings is 1. The molecule has 3 aromatic rings. The van der Waals surface area contributed by atoms with Gasteiger partial charge in [0, 0.05) is 16.3 Å². The first-order chi connectivity index (χ1) is 12.7. The van der Waals surface area contributed by atoms with E-state index in [1.54, 1.807) is 11.3 Å². The molecule has 1 aromatic carbocycles. The average Bonchev–Trinajstić information content (AvgIpc) is 3.14. The smallest absolute Gasteiger partial charge is 0.316 e. The van der Waals surface area contributed by atoms with Crippen LogP contribution in [0.4, 0.5) is 17.6 Å². The fraction of sp³-hybridized carbons (Fsp3) is 0.176. The summed E-state index contributed by atoms with van der Waals surface area (Å²) in [4.78, 5) is 25.3. The van der Waals surface area contributed by atoms with Gasteiger partial charge in [-0.1, -0.05) is 24.3 Å². The molecule has 134 valence electrons. The predicted molar refractivity (Wildman–Crippen MR) is 104 cm³/mol. The van der Waals surface area contributed by atoms with E-state index in [-0.39, 0.29) is 24.3 Å². The minimum Gasteiger partial charge on any atom is -0.457 e. The number of carbonyl (C=O) groups excluding carboxylic acids is 1. The molecular formula is C17H17N5O2S2. The van der Waals surface area contributed by atoms with Crippen LogP contribution in [-0.4, -0.2) is 26.7 Å². The Hall–Kier alpha value is -2.65. The number of rotatable bonds is 8.